The highest BCUT2D eigenvalue weighted by Gasteiger charge is 2.45. The van der Waals surface area contributed by atoms with E-state index in [2.05, 4.69) is 5.32 Å². The Morgan fingerprint density at radius 3 is 2.65 bits per heavy atom. The van der Waals surface area contributed by atoms with Crippen LogP contribution in [0.15, 0.2) is 85.5 Å². The quantitative estimate of drug-likeness (QED) is 0.459. The van der Waals surface area contributed by atoms with Gasteiger partial charge in [-0.05, 0) is 79.4 Å². The van der Waals surface area contributed by atoms with Gasteiger partial charge in [0.25, 0.3) is 5.91 Å². The van der Waals surface area contributed by atoms with Gasteiger partial charge in [0, 0.05) is 23.4 Å². The van der Waals surface area contributed by atoms with Gasteiger partial charge in [0.15, 0.2) is 0 Å². The number of hydrazone groups is 1. The van der Waals surface area contributed by atoms with E-state index >= 15 is 0 Å². The standard InChI is InChI=1S/C26H25N3O4S/c1-17(30)27-19-9-11-21(12-10-19)34-16-24(31)29-26(23-8-4-14-33-23)22-7-2-5-18(25(22)28-29)15-20-6-3-13-32-20/h3-4,6,8-15,22,26H,2,5,7,16H2,1H3,(H,27,30)/b18-15+/t22-,26+/m0/s1. The molecule has 174 valence electrons. The van der Waals surface area contributed by atoms with Crippen LogP contribution in [0.25, 0.3) is 6.08 Å². The van der Waals surface area contributed by atoms with Crippen LogP contribution in [-0.2, 0) is 9.59 Å². The minimum atomic E-state index is -0.249. The second-order valence-electron chi connectivity index (χ2n) is 8.36. The maximum Gasteiger partial charge on any atom is 0.253 e. The Labute approximate surface area is 201 Å². The molecular formula is C26H25N3O4S. The van der Waals surface area contributed by atoms with E-state index in [-0.39, 0.29) is 29.5 Å². The van der Waals surface area contributed by atoms with Gasteiger partial charge in [-0.1, -0.05) is 0 Å². The monoisotopic (exact) mass is 475 g/mol. The number of benzene rings is 1. The predicted octanol–water partition coefficient (Wildman–Crippen LogP) is 5.75. The number of nitrogens with one attached hydrogen (secondary N) is 1. The van der Waals surface area contributed by atoms with Crippen molar-refractivity contribution in [1.82, 2.24) is 5.01 Å². The molecule has 34 heavy (non-hydrogen) atoms. The van der Waals surface area contributed by atoms with Crippen LogP contribution >= 0.6 is 11.8 Å². The Balaban J connectivity index is 1.36. The van der Waals surface area contributed by atoms with Gasteiger partial charge in [-0.25, -0.2) is 5.01 Å². The first-order chi connectivity index (χ1) is 16.6. The number of furan rings is 2. The number of carbonyl (C=O) groups is 2. The summed E-state index contributed by atoms with van der Waals surface area (Å²) in [5, 5.41) is 9.20. The third kappa shape index (κ3) is 4.72. The van der Waals surface area contributed by atoms with Crippen molar-refractivity contribution in [3.8, 4) is 0 Å². The third-order valence-corrected chi connectivity index (χ3v) is 6.99. The summed E-state index contributed by atoms with van der Waals surface area (Å²) in [5.41, 5.74) is 2.79. The Morgan fingerprint density at radius 2 is 1.94 bits per heavy atom. The van der Waals surface area contributed by atoms with Gasteiger partial charge >= 0.3 is 0 Å². The third-order valence-electron chi connectivity index (χ3n) is 5.99. The van der Waals surface area contributed by atoms with Crippen molar-refractivity contribution in [2.24, 2.45) is 11.0 Å². The first-order valence-corrected chi connectivity index (χ1v) is 12.3. The number of carbonyl (C=O) groups excluding carboxylic acids is 2. The molecule has 0 spiro atoms. The van der Waals surface area contributed by atoms with E-state index in [1.54, 1.807) is 17.5 Å². The zero-order valence-corrected chi connectivity index (χ0v) is 19.6. The predicted molar refractivity (Wildman–Crippen MR) is 131 cm³/mol. The van der Waals surface area contributed by atoms with Crippen LogP contribution in [-0.4, -0.2) is 28.3 Å². The molecule has 2 aliphatic rings. The molecule has 5 rings (SSSR count). The number of anilines is 1. The molecule has 2 atom stereocenters. The van der Waals surface area contributed by atoms with Crippen LogP contribution in [0.1, 0.15) is 43.7 Å². The summed E-state index contributed by atoms with van der Waals surface area (Å²) in [4.78, 5) is 25.5. The van der Waals surface area contributed by atoms with E-state index in [1.165, 1.54) is 18.7 Å². The lowest BCUT2D eigenvalue weighted by atomic mass is 9.79. The van der Waals surface area contributed by atoms with Crippen molar-refractivity contribution in [2.45, 2.75) is 37.1 Å². The summed E-state index contributed by atoms with van der Waals surface area (Å²) in [6.07, 6.45) is 8.20. The molecule has 1 aliphatic heterocycles. The fourth-order valence-corrected chi connectivity index (χ4v) is 5.29. The van der Waals surface area contributed by atoms with Gasteiger partial charge in [0.1, 0.15) is 17.6 Å². The summed E-state index contributed by atoms with van der Waals surface area (Å²) in [6, 6.07) is 14.8. The Bertz CT molecular complexity index is 1210. The fraction of sp³-hybridized carbons (Fsp3) is 0.269. The summed E-state index contributed by atoms with van der Waals surface area (Å²) < 4.78 is 11.3. The molecule has 2 amide bonds. The fourth-order valence-electron chi connectivity index (χ4n) is 4.54. The van der Waals surface area contributed by atoms with Gasteiger partial charge in [-0.2, -0.15) is 5.10 Å². The topological polar surface area (TPSA) is 88.0 Å². The van der Waals surface area contributed by atoms with Crippen LogP contribution in [0.2, 0.25) is 0 Å². The summed E-state index contributed by atoms with van der Waals surface area (Å²) >= 11 is 1.45. The molecule has 7 nitrogen and oxygen atoms in total. The molecule has 3 heterocycles. The van der Waals surface area contributed by atoms with E-state index in [1.807, 2.05) is 54.6 Å². The minimum absolute atomic E-state index is 0.0726. The molecule has 0 unspecified atom stereocenters. The first kappa shape index (κ1) is 22.3. The van der Waals surface area contributed by atoms with Crippen molar-refractivity contribution in [3.63, 3.8) is 0 Å². The zero-order valence-electron chi connectivity index (χ0n) is 18.8. The van der Waals surface area contributed by atoms with Crippen molar-refractivity contribution in [3.05, 3.63) is 78.2 Å². The van der Waals surface area contributed by atoms with Gasteiger partial charge in [-0.15, -0.1) is 11.8 Å². The Morgan fingerprint density at radius 1 is 1.15 bits per heavy atom. The number of amides is 2. The highest BCUT2D eigenvalue weighted by atomic mass is 32.2. The molecule has 0 bridgehead atoms. The smallest absolute Gasteiger partial charge is 0.253 e. The SMILES string of the molecule is CC(=O)Nc1ccc(SCC(=O)N2N=C3/C(=C/c4ccco4)CCC[C@@H]3[C@@H]2c2ccco2)cc1. The molecule has 1 aromatic carbocycles. The van der Waals surface area contributed by atoms with Crippen molar-refractivity contribution in [2.75, 3.05) is 11.1 Å². The van der Waals surface area contributed by atoms with Crippen molar-refractivity contribution >= 4 is 41.1 Å². The van der Waals surface area contributed by atoms with Gasteiger partial charge in [-0.3, -0.25) is 9.59 Å². The summed E-state index contributed by atoms with van der Waals surface area (Å²) in [7, 11) is 0. The van der Waals surface area contributed by atoms with Crippen LogP contribution in [0, 0.1) is 5.92 Å². The lowest BCUT2D eigenvalue weighted by Crippen LogP contribution is -2.32. The van der Waals surface area contributed by atoms with Gasteiger partial charge < -0.3 is 14.2 Å². The lowest BCUT2D eigenvalue weighted by Gasteiger charge is -2.27. The number of allylic oxidation sites excluding steroid dienone is 1. The molecule has 2 aromatic heterocycles. The van der Waals surface area contributed by atoms with Crippen LogP contribution in [0.4, 0.5) is 5.69 Å². The minimum Gasteiger partial charge on any atom is -0.467 e. The molecule has 0 radical (unpaired) electrons. The lowest BCUT2D eigenvalue weighted by molar-refractivity contribution is -0.131. The number of hydrogen-bond donors (Lipinski definition) is 1. The molecule has 8 heteroatoms. The van der Waals surface area contributed by atoms with Gasteiger partial charge in [0.2, 0.25) is 5.91 Å². The average Bonchev–Trinajstić information content (AvgIpc) is 3.59. The van der Waals surface area contributed by atoms with Crippen LogP contribution < -0.4 is 5.32 Å². The molecule has 1 fully saturated rings. The summed E-state index contributed by atoms with van der Waals surface area (Å²) in [5.74, 6) is 1.69. The molecule has 1 aliphatic carbocycles. The largest absolute Gasteiger partial charge is 0.467 e. The molecule has 1 saturated carbocycles. The normalized spacial score (nSPS) is 20.8. The number of fused-ring (bicyclic) bond motifs is 1. The number of thioether (sulfide) groups is 1. The average molecular weight is 476 g/mol. The van der Waals surface area contributed by atoms with E-state index in [4.69, 9.17) is 13.9 Å². The Hall–Kier alpha value is -3.52. The summed E-state index contributed by atoms with van der Waals surface area (Å²) in [6.45, 7) is 1.47. The van der Waals surface area contributed by atoms with Gasteiger partial charge in [0.05, 0.1) is 24.0 Å². The highest BCUT2D eigenvalue weighted by Crippen LogP contribution is 2.44. The van der Waals surface area contributed by atoms with Crippen LogP contribution in [0.3, 0.4) is 0 Å². The van der Waals surface area contributed by atoms with Crippen molar-refractivity contribution < 1.29 is 18.4 Å². The van der Waals surface area contributed by atoms with E-state index in [0.29, 0.717) is 0 Å². The molecule has 0 saturated heterocycles. The number of hydrogen-bond acceptors (Lipinski definition) is 6. The maximum atomic E-state index is 13.4. The van der Waals surface area contributed by atoms with E-state index in [0.717, 1.165) is 52.7 Å². The second kappa shape index (κ2) is 9.77. The Kier molecular flexibility index (Phi) is 6.40. The molecular weight excluding hydrogens is 450 g/mol. The van der Waals surface area contributed by atoms with Crippen molar-refractivity contribution in [1.29, 1.82) is 0 Å². The highest BCUT2D eigenvalue weighted by molar-refractivity contribution is 8.00. The maximum absolute atomic E-state index is 13.4. The van der Waals surface area contributed by atoms with Crippen LogP contribution in [0.5, 0.6) is 0 Å². The number of nitrogens with zero attached hydrogens (tertiary/aromatic N) is 2. The second-order valence-corrected chi connectivity index (χ2v) is 9.41. The van der Waals surface area contributed by atoms with E-state index < -0.39 is 0 Å². The molecule has 1 N–H and O–H groups in total. The zero-order chi connectivity index (χ0) is 23.5. The van der Waals surface area contributed by atoms with E-state index in [9.17, 15) is 9.59 Å². The number of rotatable bonds is 6. The molecule has 3 aromatic rings. The first-order valence-electron chi connectivity index (χ1n) is 11.3.